The SMILES string of the molecule is CCNC(=O)c1cnn(CC(F)(F)F)c1-c1ccccc1. The van der Waals surface area contributed by atoms with E-state index in [0.717, 1.165) is 4.68 Å². The van der Waals surface area contributed by atoms with Crippen LogP contribution in [0.2, 0.25) is 0 Å². The molecule has 0 saturated heterocycles. The Morgan fingerprint density at radius 1 is 1.29 bits per heavy atom. The Balaban J connectivity index is 2.50. The number of amides is 1. The highest BCUT2D eigenvalue weighted by molar-refractivity contribution is 5.99. The number of nitrogens with one attached hydrogen (secondary N) is 1. The molecule has 4 nitrogen and oxygen atoms in total. The Bertz CT molecular complexity index is 620. The third-order valence-electron chi connectivity index (χ3n) is 2.80. The largest absolute Gasteiger partial charge is 0.408 e. The highest BCUT2D eigenvalue weighted by atomic mass is 19.4. The molecule has 1 aromatic heterocycles. The van der Waals surface area contributed by atoms with Gasteiger partial charge in [0.2, 0.25) is 0 Å². The molecule has 0 unspecified atom stereocenters. The topological polar surface area (TPSA) is 46.9 Å². The van der Waals surface area contributed by atoms with E-state index in [-0.39, 0.29) is 11.3 Å². The van der Waals surface area contributed by atoms with Gasteiger partial charge in [0, 0.05) is 12.1 Å². The number of alkyl halides is 3. The van der Waals surface area contributed by atoms with Crippen LogP contribution in [0.3, 0.4) is 0 Å². The Labute approximate surface area is 119 Å². The fourth-order valence-corrected chi connectivity index (χ4v) is 2.00. The zero-order valence-corrected chi connectivity index (χ0v) is 11.3. The average molecular weight is 297 g/mol. The van der Waals surface area contributed by atoms with Gasteiger partial charge in [-0.15, -0.1) is 0 Å². The predicted octanol–water partition coefficient (Wildman–Crippen LogP) is 2.86. The van der Waals surface area contributed by atoms with Gasteiger partial charge in [-0.1, -0.05) is 30.3 Å². The van der Waals surface area contributed by atoms with Crippen molar-refractivity contribution < 1.29 is 18.0 Å². The molecular formula is C14H14F3N3O. The second-order valence-corrected chi connectivity index (χ2v) is 4.41. The number of rotatable bonds is 4. The van der Waals surface area contributed by atoms with Gasteiger partial charge in [-0.05, 0) is 6.92 Å². The molecule has 0 fully saturated rings. The van der Waals surface area contributed by atoms with Crippen molar-refractivity contribution in [3.05, 3.63) is 42.1 Å². The summed E-state index contributed by atoms with van der Waals surface area (Å²) in [6, 6.07) is 8.43. The third kappa shape index (κ3) is 3.62. The molecule has 2 aromatic rings. The van der Waals surface area contributed by atoms with Crippen LogP contribution in [0.5, 0.6) is 0 Å². The molecule has 1 N–H and O–H groups in total. The van der Waals surface area contributed by atoms with Crippen molar-refractivity contribution in [2.24, 2.45) is 0 Å². The van der Waals surface area contributed by atoms with Crippen LogP contribution in [0, 0.1) is 0 Å². The van der Waals surface area contributed by atoms with Gasteiger partial charge in [-0.3, -0.25) is 9.48 Å². The summed E-state index contributed by atoms with van der Waals surface area (Å²) in [5, 5.41) is 6.29. The molecule has 0 spiro atoms. The lowest BCUT2D eigenvalue weighted by Crippen LogP contribution is -2.24. The van der Waals surface area contributed by atoms with Crippen LogP contribution >= 0.6 is 0 Å². The number of nitrogens with zero attached hydrogens (tertiary/aromatic N) is 2. The fourth-order valence-electron chi connectivity index (χ4n) is 2.00. The Morgan fingerprint density at radius 2 is 1.95 bits per heavy atom. The van der Waals surface area contributed by atoms with Crippen LogP contribution in [-0.2, 0) is 6.54 Å². The molecule has 1 amide bonds. The Hall–Kier alpha value is -2.31. The fraction of sp³-hybridized carbons (Fsp3) is 0.286. The zero-order chi connectivity index (χ0) is 15.5. The lowest BCUT2D eigenvalue weighted by atomic mass is 10.1. The smallest absolute Gasteiger partial charge is 0.352 e. The van der Waals surface area contributed by atoms with Crippen LogP contribution in [0.25, 0.3) is 11.3 Å². The van der Waals surface area contributed by atoms with Crippen molar-refractivity contribution in [1.29, 1.82) is 0 Å². The standard InChI is InChI=1S/C14H14F3N3O/c1-2-18-13(21)11-8-19-20(9-14(15,16)17)12(11)10-6-4-3-5-7-10/h3-8H,2,9H2,1H3,(H,18,21). The van der Waals surface area contributed by atoms with Crippen LogP contribution in [0.15, 0.2) is 36.5 Å². The summed E-state index contributed by atoms with van der Waals surface area (Å²) in [5.74, 6) is -0.440. The Morgan fingerprint density at radius 3 is 2.52 bits per heavy atom. The molecule has 112 valence electrons. The second-order valence-electron chi connectivity index (χ2n) is 4.41. The van der Waals surface area contributed by atoms with Crippen molar-refractivity contribution >= 4 is 5.91 Å². The number of aromatic nitrogens is 2. The molecule has 0 bridgehead atoms. The number of benzene rings is 1. The number of hydrogen-bond donors (Lipinski definition) is 1. The van der Waals surface area contributed by atoms with E-state index in [1.54, 1.807) is 37.3 Å². The number of halogens is 3. The lowest BCUT2D eigenvalue weighted by Gasteiger charge is -2.12. The molecule has 0 aliphatic carbocycles. The van der Waals surface area contributed by atoms with Crippen molar-refractivity contribution in [3.63, 3.8) is 0 Å². The van der Waals surface area contributed by atoms with Gasteiger partial charge in [0.1, 0.15) is 6.54 Å². The van der Waals surface area contributed by atoms with E-state index in [1.807, 2.05) is 0 Å². The average Bonchev–Trinajstić information content (AvgIpc) is 2.81. The van der Waals surface area contributed by atoms with E-state index >= 15 is 0 Å². The first kappa shape index (κ1) is 15.1. The van der Waals surface area contributed by atoms with Crippen molar-refractivity contribution in [2.75, 3.05) is 6.54 Å². The Kier molecular flexibility index (Phi) is 4.30. The van der Waals surface area contributed by atoms with E-state index < -0.39 is 18.6 Å². The minimum atomic E-state index is -4.41. The molecule has 1 aromatic carbocycles. The van der Waals surface area contributed by atoms with Gasteiger partial charge in [0.15, 0.2) is 0 Å². The molecule has 0 saturated carbocycles. The molecule has 21 heavy (non-hydrogen) atoms. The maximum Gasteiger partial charge on any atom is 0.408 e. The molecule has 7 heteroatoms. The predicted molar refractivity (Wildman–Crippen MR) is 71.7 cm³/mol. The summed E-state index contributed by atoms with van der Waals surface area (Å²) in [6.45, 7) is 0.883. The lowest BCUT2D eigenvalue weighted by molar-refractivity contribution is -0.142. The van der Waals surface area contributed by atoms with Gasteiger partial charge < -0.3 is 5.32 Å². The third-order valence-corrected chi connectivity index (χ3v) is 2.80. The van der Waals surface area contributed by atoms with Gasteiger partial charge in [0.25, 0.3) is 5.91 Å². The first-order valence-corrected chi connectivity index (χ1v) is 6.38. The zero-order valence-electron chi connectivity index (χ0n) is 11.3. The summed E-state index contributed by atoms with van der Waals surface area (Å²) < 4.78 is 38.7. The number of carbonyl (C=O) groups is 1. The minimum Gasteiger partial charge on any atom is -0.352 e. The van der Waals surface area contributed by atoms with Crippen LogP contribution < -0.4 is 5.32 Å². The number of carbonyl (C=O) groups excluding carboxylic acids is 1. The number of hydrogen-bond acceptors (Lipinski definition) is 2. The van der Waals surface area contributed by atoms with Crippen molar-refractivity contribution in [3.8, 4) is 11.3 Å². The second kappa shape index (κ2) is 5.99. The first-order valence-electron chi connectivity index (χ1n) is 6.38. The maximum absolute atomic E-state index is 12.6. The summed E-state index contributed by atoms with van der Waals surface area (Å²) in [6.07, 6.45) is -3.24. The highest BCUT2D eigenvalue weighted by Crippen LogP contribution is 2.27. The van der Waals surface area contributed by atoms with Gasteiger partial charge in [0.05, 0.1) is 17.5 Å². The quantitative estimate of drug-likeness (QED) is 0.943. The van der Waals surface area contributed by atoms with E-state index in [1.165, 1.54) is 6.20 Å². The van der Waals surface area contributed by atoms with Crippen LogP contribution in [0.1, 0.15) is 17.3 Å². The van der Waals surface area contributed by atoms with Gasteiger partial charge in [-0.2, -0.15) is 18.3 Å². The monoisotopic (exact) mass is 297 g/mol. The molecule has 2 rings (SSSR count). The van der Waals surface area contributed by atoms with E-state index in [2.05, 4.69) is 10.4 Å². The molecule has 0 atom stereocenters. The van der Waals surface area contributed by atoms with Crippen LogP contribution in [0.4, 0.5) is 13.2 Å². The molecular weight excluding hydrogens is 283 g/mol. The summed E-state index contributed by atoms with van der Waals surface area (Å²) in [7, 11) is 0. The molecule has 0 aliphatic rings. The summed E-state index contributed by atoms with van der Waals surface area (Å²) >= 11 is 0. The van der Waals surface area contributed by atoms with E-state index in [4.69, 9.17) is 0 Å². The molecule has 0 radical (unpaired) electrons. The molecule has 0 aliphatic heterocycles. The first-order chi connectivity index (χ1) is 9.92. The van der Waals surface area contributed by atoms with E-state index in [9.17, 15) is 18.0 Å². The van der Waals surface area contributed by atoms with Crippen LogP contribution in [-0.4, -0.2) is 28.4 Å². The summed E-state index contributed by atoms with van der Waals surface area (Å²) in [4.78, 5) is 12.0. The highest BCUT2D eigenvalue weighted by Gasteiger charge is 2.31. The van der Waals surface area contributed by atoms with Crippen molar-refractivity contribution in [2.45, 2.75) is 19.6 Å². The maximum atomic E-state index is 12.6. The molecule has 1 heterocycles. The van der Waals surface area contributed by atoms with Gasteiger partial charge in [-0.25, -0.2) is 0 Å². The normalized spacial score (nSPS) is 11.4. The van der Waals surface area contributed by atoms with E-state index in [0.29, 0.717) is 12.1 Å². The summed E-state index contributed by atoms with van der Waals surface area (Å²) in [5.41, 5.74) is 0.812. The van der Waals surface area contributed by atoms with Gasteiger partial charge >= 0.3 is 6.18 Å². The van der Waals surface area contributed by atoms with Crippen molar-refractivity contribution in [1.82, 2.24) is 15.1 Å². The minimum absolute atomic E-state index is 0.132.